The minimum Gasteiger partial charge on any atom is -0.480 e. The van der Waals surface area contributed by atoms with Crippen LogP contribution in [0, 0.1) is 0 Å². The summed E-state index contributed by atoms with van der Waals surface area (Å²) >= 11 is 0. The zero-order valence-electron chi connectivity index (χ0n) is 10.6. The summed E-state index contributed by atoms with van der Waals surface area (Å²) in [5.74, 6) is -0.875. The maximum absolute atomic E-state index is 11.0. The van der Waals surface area contributed by atoms with Crippen LogP contribution in [0.1, 0.15) is 18.7 Å². The Bertz CT molecular complexity index is 531. The van der Waals surface area contributed by atoms with E-state index in [2.05, 4.69) is 9.97 Å². The van der Waals surface area contributed by atoms with Crippen LogP contribution >= 0.6 is 0 Å². The van der Waals surface area contributed by atoms with E-state index in [1.54, 1.807) is 23.5 Å². The van der Waals surface area contributed by atoms with E-state index >= 15 is 0 Å². The zero-order valence-corrected chi connectivity index (χ0v) is 10.6. The third-order valence-electron chi connectivity index (χ3n) is 2.87. The summed E-state index contributed by atoms with van der Waals surface area (Å²) in [7, 11) is 0. The normalized spacial score (nSPS) is 11.8. The second-order valence-electron chi connectivity index (χ2n) is 4.16. The second kappa shape index (κ2) is 5.95. The predicted octanol–water partition coefficient (Wildman–Crippen LogP) is 2.13. The fraction of sp³-hybridized carbons (Fsp3) is 0.214. The molecule has 0 saturated carbocycles. The van der Waals surface area contributed by atoms with E-state index < -0.39 is 5.97 Å². The molecule has 0 spiro atoms. The third kappa shape index (κ3) is 3.28. The highest BCUT2D eigenvalue weighted by atomic mass is 16.4. The van der Waals surface area contributed by atoms with Crippen molar-refractivity contribution in [3.05, 3.63) is 54.6 Å². The molecular formula is C14H15N3O2. The number of aliphatic carboxylic acids is 1. The molecule has 5 heteroatoms. The van der Waals surface area contributed by atoms with E-state index in [1.807, 2.05) is 37.3 Å². The van der Waals surface area contributed by atoms with Gasteiger partial charge in [-0.25, -0.2) is 0 Å². The highest BCUT2D eigenvalue weighted by Gasteiger charge is 2.19. The molecule has 0 bridgehead atoms. The van der Waals surface area contributed by atoms with Crippen LogP contribution in [-0.4, -0.2) is 27.6 Å². The van der Waals surface area contributed by atoms with Crippen LogP contribution in [-0.2, 0) is 4.79 Å². The first-order chi connectivity index (χ1) is 9.18. The molecule has 0 saturated heterocycles. The van der Waals surface area contributed by atoms with Gasteiger partial charge in [0.1, 0.15) is 6.54 Å². The predicted molar refractivity (Wildman–Crippen MR) is 71.9 cm³/mol. The van der Waals surface area contributed by atoms with Crippen molar-refractivity contribution in [2.24, 2.45) is 0 Å². The van der Waals surface area contributed by atoms with Crippen LogP contribution in [0.5, 0.6) is 0 Å². The van der Waals surface area contributed by atoms with Gasteiger partial charge >= 0.3 is 5.97 Å². The lowest BCUT2D eigenvalue weighted by Crippen LogP contribution is -2.32. The van der Waals surface area contributed by atoms with Gasteiger partial charge in [-0.1, -0.05) is 18.2 Å². The maximum Gasteiger partial charge on any atom is 0.323 e. The van der Waals surface area contributed by atoms with Crippen LogP contribution in [0.4, 0.5) is 5.69 Å². The molecule has 1 unspecified atom stereocenters. The van der Waals surface area contributed by atoms with Crippen molar-refractivity contribution < 1.29 is 9.90 Å². The van der Waals surface area contributed by atoms with Crippen LogP contribution in [0.2, 0.25) is 0 Å². The van der Waals surface area contributed by atoms with Crippen molar-refractivity contribution in [2.45, 2.75) is 13.0 Å². The SMILES string of the molecule is CC(c1cnccn1)N(CC(=O)O)c1ccccc1. The summed E-state index contributed by atoms with van der Waals surface area (Å²) in [6.07, 6.45) is 4.86. The summed E-state index contributed by atoms with van der Waals surface area (Å²) in [5, 5.41) is 9.06. The van der Waals surface area contributed by atoms with E-state index in [1.165, 1.54) is 0 Å². The fourth-order valence-corrected chi connectivity index (χ4v) is 1.90. The Labute approximate surface area is 111 Å². The lowest BCUT2D eigenvalue weighted by molar-refractivity contribution is -0.135. The molecule has 1 aromatic heterocycles. The molecule has 2 aromatic rings. The van der Waals surface area contributed by atoms with Gasteiger partial charge in [0.2, 0.25) is 0 Å². The molecule has 1 atom stereocenters. The van der Waals surface area contributed by atoms with Gasteiger partial charge in [-0.05, 0) is 19.1 Å². The lowest BCUT2D eigenvalue weighted by Gasteiger charge is -2.29. The summed E-state index contributed by atoms with van der Waals surface area (Å²) in [4.78, 5) is 21.1. The Morgan fingerprint density at radius 3 is 2.63 bits per heavy atom. The summed E-state index contributed by atoms with van der Waals surface area (Å²) in [6.45, 7) is 1.84. The van der Waals surface area contributed by atoms with Crippen LogP contribution in [0.15, 0.2) is 48.9 Å². The fourth-order valence-electron chi connectivity index (χ4n) is 1.90. The van der Waals surface area contributed by atoms with Crippen molar-refractivity contribution in [1.82, 2.24) is 9.97 Å². The van der Waals surface area contributed by atoms with Crippen LogP contribution in [0.3, 0.4) is 0 Å². The average molecular weight is 257 g/mol. The molecule has 0 aliphatic rings. The minimum atomic E-state index is -0.875. The molecule has 2 rings (SSSR count). The van der Waals surface area contributed by atoms with Gasteiger partial charge in [0.05, 0.1) is 17.9 Å². The first kappa shape index (κ1) is 13.0. The zero-order chi connectivity index (χ0) is 13.7. The Hall–Kier alpha value is -2.43. The van der Waals surface area contributed by atoms with Gasteiger partial charge in [-0.3, -0.25) is 14.8 Å². The summed E-state index contributed by atoms with van der Waals surface area (Å²) in [6, 6.07) is 9.27. The maximum atomic E-state index is 11.0. The van der Waals surface area contributed by atoms with E-state index in [-0.39, 0.29) is 12.6 Å². The number of rotatable bonds is 5. The summed E-state index contributed by atoms with van der Waals surface area (Å²) in [5.41, 5.74) is 1.59. The quantitative estimate of drug-likeness (QED) is 0.888. The first-order valence-electron chi connectivity index (χ1n) is 5.98. The molecule has 0 fully saturated rings. The molecule has 0 aliphatic heterocycles. The summed E-state index contributed by atoms with van der Waals surface area (Å²) < 4.78 is 0. The van der Waals surface area contributed by atoms with Gasteiger partial charge in [0.15, 0.2) is 0 Å². The Morgan fingerprint density at radius 1 is 1.32 bits per heavy atom. The van der Waals surface area contributed by atoms with Gasteiger partial charge in [-0.15, -0.1) is 0 Å². The molecular weight excluding hydrogens is 242 g/mol. The van der Waals surface area contributed by atoms with Crippen molar-refractivity contribution in [1.29, 1.82) is 0 Å². The molecule has 0 amide bonds. The number of benzene rings is 1. The van der Waals surface area contributed by atoms with Gasteiger partial charge in [0.25, 0.3) is 0 Å². The number of para-hydroxylation sites is 1. The molecule has 0 radical (unpaired) electrons. The van der Waals surface area contributed by atoms with E-state index in [0.29, 0.717) is 0 Å². The van der Waals surface area contributed by atoms with Crippen LogP contribution in [0.25, 0.3) is 0 Å². The van der Waals surface area contributed by atoms with Crippen molar-refractivity contribution in [3.8, 4) is 0 Å². The molecule has 1 N–H and O–H groups in total. The van der Waals surface area contributed by atoms with Crippen molar-refractivity contribution >= 4 is 11.7 Å². The van der Waals surface area contributed by atoms with E-state index in [0.717, 1.165) is 11.4 Å². The molecule has 1 heterocycles. The van der Waals surface area contributed by atoms with Crippen molar-refractivity contribution in [3.63, 3.8) is 0 Å². The first-order valence-corrected chi connectivity index (χ1v) is 5.98. The van der Waals surface area contributed by atoms with Gasteiger partial charge in [-0.2, -0.15) is 0 Å². The molecule has 0 aliphatic carbocycles. The standard InChI is InChI=1S/C14H15N3O2/c1-11(13-9-15-7-8-16-13)17(10-14(18)19)12-5-3-2-4-6-12/h2-9,11H,10H2,1H3,(H,18,19). The van der Waals surface area contributed by atoms with Crippen LogP contribution < -0.4 is 4.90 Å². The number of carboxylic acid groups (broad SMARTS) is 1. The topological polar surface area (TPSA) is 66.3 Å². The Balaban J connectivity index is 2.30. The lowest BCUT2D eigenvalue weighted by atomic mass is 10.1. The molecule has 5 nitrogen and oxygen atoms in total. The van der Waals surface area contributed by atoms with E-state index in [9.17, 15) is 4.79 Å². The number of carbonyl (C=O) groups is 1. The number of anilines is 1. The second-order valence-corrected chi connectivity index (χ2v) is 4.16. The highest BCUT2D eigenvalue weighted by molar-refractivity contribution is 5.74. The minimum absolute atomic E-state index is 0.0816. The van der Waals surface area contributed by atoms with E-state index in [4.69, 9.17) is 5.11 Å². The van der Waals surface area contributed by atoms with Gasteiger partial charge < -0.3 is 10.0 Å². The highest BCUT2D eigenvalue weighted by Crippen LogP contribution is 2.24. The molecule has 1 aromatic carbocycles. The number of nitrogens with zero attached hydrogens (tertiary/aromatic N) is 3. The number of hydrogen-bond donors (Lipinski definition) is 1. The largest absolute Gasteiger partial charge is 0.480 e. The van der Waals surface area contributed by atoms with Gasteiger partial charge in [0, 0.05) is 18.1 Å². The van der Waals surface area contributed by atoms with Crippen molar-refractivity contribution in [2.75, 3.05) is 11.4 Å². The molecule has 19 heavy (non-hydrogen) atoms. The Kier molecular flexibility index (Phi) is 4.07. The average Bonchev–Trinajstić information content (AvgIpc) is 2.46. The number of hydrogen-bond acceptors (Lipinski definition) is 4. The number of aromatic nitrogens is 2. The Morgan fingerprint density at radius 2 is 2.05 bits per heavy atom. The monoisotopic (exact) mass is 257 g/mol. The molecule has 98 valence electrons. The smallest absolute Gasteiger partial charge is 0.323 e. The number of carboxylic acids is 1. The third-order valence-corrected chi connectivity index (χ3v) is 2.87.